The van der Waals surface area contributed by atoms with Crippen LogP contribution in [0.15, 0.2) is 24.3 Å². The summed E-state index contributed by atoms with van der Waals surface area (Å²) in [5.74, 6) is -0.0719. The van der Waals surface area contributed by atoms with E-state index in [4.69, 9.17) is 0 Å². The second-order valence-electron chi connectivity index (χ2n) is 6.26. The average Bonchev–Trinajstić information content (AvgIpc) is 2.94. The van der Waals surface area contributed by atoms with Crippen molar-refractivity contribution in [2.45, 2.75) is 37.8 Å². The van der Waals surface area contributed by atoms with Crippen molar-refractivity contribution in [2.24, 2.45) is 0 Å². The molecule has 2 saturated heterocycles. The van der Waals surface area contributed by atoms with Crippen molar-refractivity contribution in [1.29, 1.82) is 0 Å². The molecular weight excluding hydrogens is 283 g/mol. The Kier molecular flexibility index (Phi) is 4.74. The lowest BCUT2D eigenvalue weighted by Gasteiger charge is -2.37. The van der Waals surface area contributed by atoms with Gasteiger partial charge >= 0.3 is 0 Å². The van der Waals surface area contributed by atoms with Crippen LogP contribution in [0.3, 0.4) is 0 Å². The first-order valence-corrected chi connectivity index (χ1v) is 8.09. The molecule has 2 aliphatic heterocycles. The highest BCUT2D eigenvalue weighted by Crippen LogP contribution is 2.24. The Bertz CT molecular complexity index is 529. The summed E-state index contributed by atoms with van der Waals surface area (Å²) in [7, 11) is 0. The van der Waals surface area contributed by atoms with Gasteiger partial charge in [0, 0.05) is 44.2 Å². The molecule has 120 valence electrons. The van der Waals surface area contributed by atoms with E-state index < -0.39 is 6.10 Å². The molecule has 2 aliphatic rings. The number of rotatable bonds is 4. The molecule has 2 heterocycles. The van der Waals surface area contributed by atoms with E-state index in [1.807, 2.05) is 4.90 Å². The zero-order chi connectivity index (χ0) is 15.5. The molecular formula is C17H23FN2O2. The molecule has 5 heteroatoms. The first kappa shape index (κ1) is 15.4. The third-order valence-corrected chi connectivity index (χ3v) is 4.80. The molecule has 0 radical (unpaired) electrons. The van der Waals surface area contributed by atoms with E-state index in [0.29, 0.717) is 24.6 Å². The highest BCUT2D eigenvalue weighted by Gasteiger charge is 2.31. The third kappa shape index (κ3) is 3.31. The summed E-state index contributed by atoms with van der Waals surface area (Å²) < 4.78 is 13.7. The molecule has 1 aromatic carbocycles. The number of hydrogen-bond acceptors (Lipinski definition) is 3. The number of carbonyl (C=O) groups is 1. The minimum atomic E-state index is -0.800. The fourth-order valence-corrected chi connectivity index (χ4v) is 3.56. The number of likely N-dealkylation sites (tertiary alicyclic amines) is 2. The molecule has 0 bridgehead atoms. The Labute approximate surface area is 130 Å². The molecule has 2 fully saturated rings. The van der Waals surface area contributed by atoms with E-state index in [2.05, 4.69) is 4.90 Å². The normalized spacial score (nSPS) is 22.3. The minimum Gasteiger partial charge on any atom is -0.387 e. The topological polar surface area (TPSA) is 43.8 Å². The van der Waals surface area contributed by atoms with Crippen LogP contribution in [0.4, 0.5) is 4.39 Å². The van der Waals surface area contributed by atoms with Gasteiger partial charge in [-0.3, -0.25) is 4.79 Å². The lowest BCUT2D eigenvalue weighted by atomic mass is 10.0. The molecule has 1 unspecified atom stereocenters. The molecule has 1 atom stereocenters. The van der Waals surface area contributed by atoms with Gasteiger partial charge in [-0.15, -0.1) is 0 Å². The van der Waals surface area contributed by atoms with Crippen LogP contribution >= 0.6 is 0 Å². The monoisotopic (exact) mass is 306 g/mol. The van der Waals surface area contributed by atoms with Gasteiger partial charge in [0.05, 0.1) is 6.10 Å². The maximum Gasteiger partial charge on any atom is 0.222 e. The van der Waals surface area contributed by atoms with Crippen LogP contribution in [0.2, 0.25) is 0 Å². The molecule has 3 rings (SSSR count). The van der Waals surface area contributed by atoms with Crippen LogP contribution in [0.5, 0.6) is 0 Å². The van der Waals surface area contributed by atoms with Crippen molar-refractivity contribution < 1.29 is 14.3 Å². The molecule has 0 saturated carbocycles. The van der Waals surface area contributed by atoms with E-state index in [1.54, 1.807) is 18.2 Å². The summed E-state index contributed by atoms with van der Waals surface area (Å²) in [5, 5.41) is 10.2. The Balaban J connectivity index is 1.51. The van der Waals surface area contributed by atoms with E-state index in [9.17, 15) is 14.3 Å². The van der Waals surface area contributed by atoms with Crippen molar-refractivity contribution in [3.05, 3.63) is 35.6 Å². The molecule has 1 N–H and O–H groups in total. The number of hydrogen-bond donors (Lipinski definition) is 1. The molecule has 4 nitrogen and oxygen atoms in total. The Hall–Kier alpha value is -1.46. The summed E-state index contributed by atoms with van der Waals surface area (Å²) >= 11 is 0. The number of amides is 1. The van der Waals surface area contributed by atoms with Crippen molar-refractivity contribution in [3.63, 3.8) is 0 Å². The highest BCUT2D eigenvalue weighted by molar-refractivity contribution is 5.78. The summed E-state index contributed by atoms with van der Waals surface area (Å²) in [6, 6.07) is 6.73. The van der Waals surface area contributed by atoms with Gasteiger partial charge in [-0.1, -0.05) is 18.2 Å². The number of carbonyl (C=O) groups excluding carboxylic acids is 1. The van der Waals surface area contributed by atoms with Gasteiger partial charge in [-0.05, 0) is 25.3 Å². The van der Waals surface area contributed by atoms with Crippen LogP contribution in [0.1, 0.15) is 37.4 Å². The molecule has 0 aliphatic carbocycles. The maximum atomic E-state index is 13.7. The van der Waals surface area contributed by atoms with Gasteiger partial charge in [0.15, 0.2) is 0 Å². The third-order valence-electron chi connectivity index (χ3n) is 4.80. The van der Waals surface area contributed by atoms with E-state index >= 15 is 0 Å². The van der Waals surface area contributed by atoms with Gasteiger partial charge in [0.1, 0.15) is 5.82 Å². The van der Waals surface area contributed by atoms with Crippen LogP contribution in [0.25, 0.3) is 0 Å². The summed E-state index contributed by atoms with van der Waals surface area (Å²) in [4.78, 5) is 16.0. The lowest BCUT2D eigenvalue weighted by Crippen LogP contribution is -2.46. The summed E-state index contributed by atoms with van der Waals surface area (Å²) in [6.07, 6.45) is 2.74. The SMILES string of the molecule is O=C1CCCN1C1CCN(CC(O)c2ccccc2F)CC1. The second-order valence-corrected chi connectivity index (χ2v) is 6.26. The second kappa shape index (κ2) is 6.75. The smallest absolute Gasteiger partial charge is 0.222 e. The number of β-amino-alcohol motifs (C(OH)–C–C–N with tert-alkyl or cyclic N) is 1. The van der Waals surface area contributed by atoms with Gasteiger partial charge in [-0.2, -0.15) is 0 Å². The number of aliphatic hydroxyl groups excluding tert-OH is 1. The van der Waals surface area contributed by atoms with E-state index in [0.717, 1.165) is 38.9 Å². The van der Waals surface area contributed by atoms with Crippen LogP contribution in [0, 0.1) is 5.82 Å². The van der Waals surface area contributed by atoms with Crippen LogP contribution < -0.4 is 0 Å². The number of nitrogens with zero attached hydrogens (tertiary/aromatic N) is 2. The Morgan fingerprint density at radius 3 is 2.59 bits per heavy atom. The first-order valence-electron chi connectivity index (χ1n) is 8.09. The Morgan fingerprint density at radius 2 is 1.95 bits per heavy atom. The molecule has 1 aromatic rings. The molecule has 0 spiro atoms. The average molecular weight is 306 g/mol. The van der Waals surface area contributed by atoms with Crippen LogP contribution in [-0.2, 0) is 4.79 Å². The van der Waals surface area contributed by atoms with Gasteiger partial charge in [0.25, 0.3) is 0 Å². The number of halogens is 1. The van der Waals surface area contributed by atoms with Crippen molar-refractivity contribution >= 4 is 5.91 Å². The number of piperidine rings is 1. The van der Waals surface area contributed by atoms with E-state index in [-0.39, 0.29) is 11.7 Å². The van der Waals surface area contributed by atoms with Gasteiger partial charge in [-0.25, -0.2) is 4.39 Å². The predicted molar refractivity (Wildman–Crippen MR) is 81.8 cm³/mol. The standard InChI is InChI=1S/C17H23FN2O2/c18-15-5-2-1-4-14(15)16(21)12-19-10-7-13(8-11-19)20-9-3-6-17(20)22/h1-2,4-5,13,16,21H,3,6-12H2. The maximum absolute atomic E-state index is 13.7. The summed E-state index contributed by atoms with van der Waals surface area (Å²) in [6.45, 7) is 3.03. The number of aliphatic hydroxyl groups is 1. The molecule has 1 amide bonds. The Morgan fingerprint density at radius 1 is 1.23 bits per heavy atom. The van der Waals surface area contributed by atoms with Crippen molar-refractivity contribution in [3.8, 4) is 0 Å². The largest absolute Gasteiger partial charge is 0.387 e. The van der Waals surface area contributed by atoms with Crippen LogP contribution in [-0.4, -0.2) is 53.0 Å². The number of benzene rings is 1. The fraction of sp³-hybridized carbons (Fsp3) is 0.588. The minimum absolute atomic E-state index is 0.282. The highest BCUT2D eigenvalue weighted by atomic mass is 19.1. The first-order chi connectivity index (χ1) is 10.6. The fourth-order valence-electron chi connectivity index (χ4n) is 3.56. The van der Waals surface area contributed by atoms with E-state index in [1.165, 1.54) is 6.07 Å². The van der Waals surface area contributed by atoms with Crippen molar-refractivity contribution in [2.75, 3.05) is 26.2 Å². The zero-order valence-electron chi connectivity index (χ0n) is 12.7. The zero-order valence-corrected chi connectivity index (χ0v) is 12.7. The predicted octanol–water partition coefficient (Wildman–Crippen LogP) is 1.95. The van der Waals surface area contributed by atoms with Crippen molar-refractivity contribution in [1.82, 2.24) is 9.80 Å². The molecule has 0 aromatic heterocycles. The van der Waals surface area contributed by atoms with Gasteiger partial charge < -0.3 is 14.9 Å². The lowest BCUT2D eigenvalue weighted by molar-refractivity contribution is -0.130. The van der Waals surface area contributed by atoms with Gasteiger partial charge in [0.2, 0.25) is 5.91 Å². The quantitative estimate of drug-likeness (QED) is 0.924. The molecule has 22 heavy (non-hydrogen) atoms. The summed E-state index contributed by atoms with van der Waals surface area (Å²) in [5.41, 5.74) is 0.361.